The minimum Gasteiger partial charge on any atom is -0.512 e. The van der Waals surface area contributed by atoms with E-state index >= 15 is 0 Å². The quantitative estimate of drug-likeness (QED) is 0.468. The highest BCUT2D eigenvalue weighted by Crippen LogP contribution is 2.47. The first kappa shape index (κ1) is 20.4. The lowest BCUT2D eigenvalue weighted by atomic mass is 9.66. The summed E-state index contributed by atoms with van der Waals surface area (Å²) in [5, 5.41) is 21.5. The molecule has 2 nitrogen and oxygen atoms in total. The Morgan fingerprint density at radius 3 is 2.48 bits per heavy atom. The lowest BCUT2D eigenvalue weighted by Crippen LogP contribution is -2.30. The second-order valence-corrected chi connectivity index (χ2v) is 9.98. The maximum Gasteiger partial charge on any atom is 0.118 e. The summed E-state index contributed by atoms with van der Waals surface area (Å²) in [7, 11) is 0. The first-order valence-corrected chi connectivity index (χ1v) is 10.5. The maximum atomic E-state index is 10.8. The fraction of sp³-hybridized carbons (Fsp3) is 0.826. The molecular formula is C23H40O2. The fourth-order valence-corrected chi connectivity index (χ4v) is 4.89. The lowest BCUT2D eigenvalue weighted by Gasteiger charge is -2.39. The number of aliphatic hydroxyl groups is 2. The summed E-state index contributed by atoms with van der Waals surface area (Å²) in [6, 6.07) is 0. The summed E-state index contributed by atoms with van der Waals surface area (Å²) in [5.41, 5.74) is 1.28. The summed E-state index contributed by atoms with van der Waals surface area (Å²) in [4.78, 5) is 0. The van der Waals surface area contributed by atoms with Gasteiger partial charge in [0.15, 0.2) is 0 Å². The van der Waals surface area contributed by atoms with Gasteiger partial charge in [-0.1, -0.05) is 66.7 Å². The van der Waals surface area contributed by atoms with E-state index in [1.54, 1.807) is 0 Å². The van der Waals surface area contributed by atoms with E-state index in [-0.39, 0.29) is 11.3 Å². The van der Waals surface area contributed by atoms with E-state index in [9.17, 15) is 10.2 Å². The predicted molar refractivity (Wildman–Crippen MR) is 107 cm³/mol. The van der Waals surface area contributed by atoms with E-state index in [1.165, 1.54) is 38.5 Å². The van der Waals surface area contributed by atoms with Gasteiger partial charge < -0.3 is 10.2 Å². The molecule has 0 aromatic heterocycles. The van der Waals surface area contributed by atoms with E-state index in [0.717, 1.165) is 24.8 Å². The van der Waals surface area contributed by atoms with Crippen molar-refractivity contribution in [1.29, 1.82) is 0 Å². The van der Waals surface area contributed by atoms with Gasteiger partial charge in [-0.3, -0.25) is 0 Å². The van der Waals surface area contributed by atoms with Crippen molar-refractivity contribution >= 4 is 0 Å². The van der Waals surface area contributed by atoms with Gasteiger partial charge in [-0.05, 0) is 54.4 Å². The van der Waals surface area contributed by atoms with Crippen LogP contribution in [0.4, 0.5) is 0 Å². The zero-order chi connectivity index (χ0) is 18.7. The SMILES string of the molecule is CCCCCCC(C)(C)C1C=C(O)C(C2CCCC(C)(C)C2)=C(O)C1. The monoisotopic (exact) mass is 348 g/mol. The molecule has 2 aliphatic carbocycles. The first-order chi connectivity index (χ1) is 11.7. The number of allylic oxidation sites excluding steroid dienone is 3. The molecule has 2 rings (SSSR count). The Labute approximate surface area is 155 Å². The van der Waals surface area contributed by atoms with E-state index in [2.05, 4.69) is 40.7 Å². The minimum absolute atomic E-state index is 0.118. The largest absolute Gasteiger partial charge is 0.512 e. The van der Waals surface area contributed by atoms with E-state index < -0.39 is 0 Å². The van der Waals surface area contributed by atoms with Crippen LogP contribution in [0.15, 0.2) is 23.2 Å². The molecule has 2 atom stereocenters. The maximum absolute atomic E-state index is 10.8. The number of unbranched alkanes of at least 4 members (excludes halogenated alkanes) is 3. The molecule has 25 heavy (non-hydrogen) atoms. The number of hydrogen-bond acceptors (Lipinski definition) is 2. The van der Waals surface area contributed by atoms with E-state index in [0.29, 0.717) is 29.3 Å². The van der Waals surface area contributed by atoms with Gasteiger partial charge in [0.2, 0.25) is 0 Å². The Morgan fingerprint density at radius 2 is 1.88 bits per heavy atom. The van der Waals surface area contributed by atoms with Gasteiger partial charge in [-0.25, -0.2) is 0 Å². The molecule has 1 fully saturated rings. The predicted octanol–water partition coefficient (Wildman–Crippen LogP) is 7.47. The van der Waals surface area contributed by atoms with Crippen LogP contribution in [0.5, 0.6) is 0 Å². The second kappa shape index (κ2) is 8.18. The van der Waals surface area contributed by atoms with Crippen molar-refractivity contribution in [2.45, 2.75) is 98.8 Å². The van der Waals surface area contributed by atoms with Gasteiger partial charge in [-0.15, -0.1) is 0 Å². The third kappa shape index (κ3) is 5.28. The topological polar surface area (TPSA) is 40.5 Å². The Morgan fingerprint density at radius 1 is 1.16 bits per heavy atom. The highest BCUT2D eigenvalue weighted by atomic mass is 16.3. The van der Waals surface area contributed by atoms with Crippen molar-refractivity contribution in [2.24, 2.45) is 22.7 Å². The summed E-state index contributed by atoms with van der Waals surface area (Å²) < 4.78 is 0. The number of aliphatic hydroxyl groups excluding tert-OH is 2. The average Bonchev–Trinajstić information content (AvgIpc) is 2.50. The molecule has 0 aromatic rings. The third-order valence-electron chi connectivity index (χ3n) is 6.65. The summed E-state index contributed by atoms with van der Waals surface area (Å²) in [6.45, 7) is 11.4. The molecule has 1 saturated carbocycles. The van der Waals surface area contributed by atoms with Gasteiger partial charge >= 0.3 is 0 Å². The minimum atomic E-state index is 0.118. The molecule has 2 aliphatic rings. The van der Waals surface area contributed by atoms with Gasteiger partial charge in [0.1, 0.15) is 5.76 Å². The number of rotatable bonds is 7. The van der Waals surface area contributed by atoms with E-state index in [1.807, 2.05) is 0 Å². The van der Waals surface area contributed by atoms with Gasteiger partial charge in [-0.2, -0.15) is 0 Å². The molecule has 0 saturated heterocycles. The zero-order valence-corrected chi connectivity index (χ0v) is 17.2. The molecule has 2 heteroatoms. The van der Waals surface area contributed by atoms with Crippen LogP contribution in [-0.4, -0.2) is 10.2 Å². The van der Waals surface area contributed by atoms with Crippen LogP contribution < -0.4 is 0 Å². The smallest absolute Gasteiger partial charge is 0.118 e. The van der Waals surface area contributed by atoms with Crippen LogP contribution in [0, 0.1) is 22.7 Å². The van der Waals surface area contributed by atoms with Crippen molar-refractivity contribution in [3.8, 4) is 0 Å². The molecule has 0 spiro atoms. The summed E-state index contributed by atoms with van der Waals surface area (Å²) in [6.07, 6.45) is 13.6. The van der Waals surface area contributed by atoms with Crippen LogP contribution in [0.25, 0.3) is 0 Å². The van der Waals surface area contributed by atoms with Crippen LogP contribution in [0.2, 0.25) is 0 Å². The molecule has 0 heterocycles. The molecule has 2 unspecified atom stereocenters. The van der Waals surface area contributed by atoms with Crippen LogP contribution >= 0.6 is 0 Å². The van der Waals surface area contributed by atoms with Crippen molar-refractivity contribution in [3.63, 3.8) is 0 Å². The van der Waals surface area contributed by atoms with Crippen molar-refractivity contribution < 1.29 is 10.2 Å². The van der Waals surface area contributed by atoms with Crippen molar-refractivity contribution in [3.05, 3.63) is 23.2 Å². The van der Waals surface area contributed by atoms with Gasteiger partial charge in [0.25, 0.3) is 0 Å². The van der Waals surface area contributed by atoms with Gasteiger partial charge in [0, 0.05) is 12.0 Å². The van der Waals surface area contributed by atoms with Crippen LogP contribution in [-0.2, 0) is 0 Å². The number of hydrogen-bond donors (Lipinski definition) is 2. The van der Waals surface area contributed by atoms with Crippen molar-refractivity contribution in [2.75, 3.05) is 0 Å². The Hall–Kier alpha value is -0.920. The standard InChI is InChI=1S/C23H40O2/c1-6-7-8-9-13-23(4,5)18-14-19(24)21(20(25)15-18)17-11-10-12-22(2,3)16-17/h14,17-18,24-25H,6-13,15-16H2,1-5H3. The average molecular weight is 349 g/mol. The van der Waals surface area contributed by atoms with E-state index in [4.69, 9.17) is 0 Å². The van der Waals surface area contributed by atoms with Gasteiger partial charge in [0.05, 0.1) is 5.76 Å². The van der Waals surface area contributed by atoms with Crippen molar-refractivity contribution in [1.82, 2.24) is 0 Å². The third-order valence-corrected chi connectivity index (χ3v) is 6.65. The molecule has 0 bridgehead atoms. The van der Waals surface area contributed by atoms with Crippen LogP contribution in [0.3, 0.4) is 0 Å². The Bertz CT molecular complexity index is 510. The Balaban J connectivity index is 2.06. The zero-order valence-electron chi connectivity index (χ0n) is 17.2. The molecule has 0 aliphatic heterocycles. The summed E-state index contributed by atoms with van der Waals surface area (Å²) in [5.74, 6) is 1.36. The second-order valence-electron chi connectivity index (χ2n) is 9.98. The Kier molecular flexibility index (Phi) is 6.68. The molecule has 0 aromatic carbocycles. The van der Waals surface area contributed by atoms with Crippen LogP contribution in [0.1, 0.15) is 98.8 Å². The fourth-order valence-electron chi connectivity index (χ4n) is 4.89. The highest BCUT2D eigenvalue weighted by molar-refractivity contribution is 5.35. The molecule has 2 N–H and O–H groups in total. The molecule has 144 valence electrons. The highest BCUT2D eigenvalue weighted by Gasteiger charge is 2.37. The molecular weight excluding hydrogens is 308 g/mol. The normalized spacial score (nSPS) is 27.3. The lowest BCUT2D eigenvalue weighted by molar-refractivity contribution is 0.170. The summed E-state index contributed by atoms with van der Waals surface area (Å²) >= 11 is 0. The molecule has 0 radical (unpaired) electrons. The first-order valence-electron chi connectivity index (χ1n) is 10.5. The molecule has 0 amide bonds.